The summed E-state index contributed by atoms with van der Waals surface area (Å²) in [6.45, 7) is 2.21. The number of hydrogen-bond donors (Lipinski definition) is 5. The highest BCUT2D eigenvalue weighted by molar-refractivity contribution is 5.94. The van der Waals surface area contributed by atoms with E-state index in [1.165, 1.54) is 57.4 Å². The minimum Gasteiger partial charge on any atom is -0.481 e. The first-order chi connectivity index (χ1) is 19.1. The van der Waals surface area contributed by atoms with E-state index in [0.29, 0.717) is 12.0 Å². The van der Waals surface area contributed by atoms with Crippen LogP contribution < -0.4 is 5.32 Å². The Balaban J connectivity index is 2.71. The molecular weight excluding hydrogens is 514 g/mol. The SMILES string of the molecule is CCCCCCCCCCCCCC/C=C/C(C(=O)N[C@@H](Cc1ccccc1)C(=O)O)C(O)(CC(=O)O)C(=O)O. The number of carbonyl (C=O) groups is 4. The lowest BCUT2D eigenvalue weighted by atomic mass is 9.82. The zero-order valence-corrected chi connectivity index (χ0v) is 23.7. The quantitative estimate of drug-likeness (QED) is 0.0882. The summed E-state index contributed by atoms with van der Waals surface area (Å²) < 4.78 is 0. The Hall–Kier alpha value is -3.20. The predicted molar refractivity (Wildman–Crippen MR) is 153 cm³/mol. The Morgan fingerprint density at radius 2 is 1.35 bits per heavy atom. The van der Waals surface area contributed by atoms with Crippen LogP contribution in [0.4, 0.5) is 0 Å². The first-order valence-corrected chi connectivity index (χ1v) is 14.5. The molecule has 40 heavy (non-hydrogen) atoms. The van der Waals surface area contributed by atoms with Crippen molar-refractivity contribution >= 4 is 23.8 Å². The Labute approximate surface area is 237 Å². The van der Waals surface area contributed by atoms with Crippen molar-refractivity contribution in [2.75, 3.05) is 0 Å². The highest BCUT2D eigenvalue weighted by Gasteiger charge is 2.49. The van der Waals surface area contributed by atoms with Gasteiger partial charge in [0.25, 0.3) is 0 Å². The van der Waals surface area contributed by atoms with Crippen molar-refractivity contribution in [3.05, 3.63) is 48.0 Å². The van der Waals surface area contributed by atoms with E-state index in [0.717, 1.165) is 25.7 Å². The number of allylic oxidation sites excluding steroid dienone is 1. The molecule has 9 heteroatoms. The molecular formula is C31H47NO8. The third-order valence-corrected chi connectivity index (χ3v) is 7.04. The molecule has 0 bridgehead atoms. The van der Waals surface area contributed by atoms with Gasteiger partial charge in [0.1, 0.15) is 6.04 Å². The van der Waals surface area contributed by atoms with Crippen molar-refractivity contribution in [1.29, 1.82) is 0 Å². The van der Waals surface area contributed by atoms with Gasteiger partial charge in [0.05, 0.1) is 12.3 Å². The lowest BCUT2D eigenvalue weighted by Gasteiger charge is -2.29. The molecule has 1 aromatic rings. The van der Waals surface area contributed by atoms with Gasteiger partial charge in [-0.1, -0.05) is 120 Å². The van der Waals surface area contributed by atoms with Gasteiger partial charge in [-0.25, -0.2) is 9.59 Å². The fourth-order valence-electron chi connectivity index (χ4n) is 4.66. The van der Waals surface area contributed by atoms with Crippen LogP contribution in [0, 0.1) is 5.92 Å². The Morgan fingerprint density at radius 3 is 1.82 bits per heavy atom. The summed E-state index contributed by atoms with van der Waals surface area (Å²) in [4.78, 5) is 48.2. The zero-order chi connectivity index (χ0) is 29.8. The van der Waals surface area contributed by atoms with Crippen LogP contribution >= 0.6 is 0 Å². The minimum absolute atomic E-state index is 0.0678. The minimum atomic E-state index is -2.95. The number of unbranched alkanes of at least 4 members (excludes halogenated alkanes) is 12. The van der Waals surface area contributed by atoms with E-state index in [2.05, 4.69) is 12.2 Å². The van der Waals surface area contributed by atoms with Gasteiger partial charge >= 0.3 is 17.9 Å². The molecule has 0 fully saturated rings. The van der Waals surface area contributed by atoms with Crippen LogP contribution in [0.15, 0.2) is 42.5 Å². The smallest absolute Gasteiger partial charge is 0.337 e. The van der Waals surface area contributed by atoms with E-state index in [4.69, 9.17) is 0 Å². The average Bonchev–Trinajstić information content (AvgIpc) is 2.90. The molecule has 1 rings (SSSR count). The number of nitrogens with one attached hydrogen (secondary N) is 1. The normalized spacial score (nSPS) is 14.3. The molecule has 0 aliphatic carbocycles. The molecule has 0 aliphatic rings. The summed E-state index contributed by atoms with van der Waals surface area (Å²) in [6.07, 6.45) is 16.1. The number of aliphatic carboxylic acids is 3. The number of carboxylic acid groups (broad SMARTS) is 3. The van der Waals surface area contributed by atoms with E-state index in [1.54, 1.807) is 36.4 Å². The number of carboxylic acids is 3. The number of rotatable bonds is 23. The van der Waals surface area contributed by atoms with Gasteiger partial charge in [-0.3, -0.25) is 9.59 Å². The van der Waals surface area contributed by atoms with Crippen molar-refractivity contribution in [3.8, 4) is 0 Å². The summed E-state index contributed by atoms with van der Waals surface area (Å²) in [5.74, 6) is -7.68. The number of amides is 1. The third kappa shape index (κ3) is 13.7. The molecule has 9 nitrogen and oxygen atoms in total. The highest BCUT2D eigenvalue weighted by atomic mass is 16.4. The molecule has 0 aromatic heterocycles. The predicted octanol–water partition coefficient (Wildman–Crippen LogP) is 5.35. The maximum atomic E-state index is 13.1. The molecule has 1 amide bonds. The van der Waals surface area contributed by atoms with Crippen LogP contribution in [-0.2, 0) is 25.6 Å². The van der Waals surface area contributed by atoms with Crippen molar-refractivity contribution in [3.63, 3.8) is 0 Å². The third-order valence-electron chi connectivity index (χ3n) is 7.04. The van der Waals surface area contributed by atoms with Crippen molar-refractivity contribution in [2.45, 2.75) is 115 Å². The van der Waals surface area contributed by atoms with Gasteiger partial charge in [-0.2, -0.15) is 0 Å². The van der Waals surface area contributed by atoms with Crippen LogP contribution in [0.5, 0.6) is 0 Å². The Kier molecular flexibility index (Phi) is 17.2. The average molecular weight is 562 g/mol. The van der Waals surface area contributed by atoms with Gasteiger partial charge in [-0.05, 0) is 18.4 Å². The molecule has 0 saturated heterocycles. The van der Waals surface area contributed by atoms with Gasteiger partial charge in [0, 0.05) is 6.42 Å². The number of hydrogen-bond acceptors (Lipinski definition) is 5. The maximum absolute atomic E-state index is 13.1. The molecule has 0 spiro atoms. The van der Waals surface area contributed by atoms with Gasteiger partial charge in [-0.15, -0.1) is 0 Å². The summed E-state index contributed by atoms with van der Waals surface area (Å²) in [7, 11) is 0. The first-order valence-electron chi connectivity index (χ1n) is 14.5. The summed E-state index contributed by atoms with van der Waals surface area (Å²) in [5.41, 5.74) is -2.31. The van der Waals surface area contributed by atoms with E-state index in [9.17, 15) is 39.6 Å². The number of carbonyl (C=O) groups excluding carboxylic acids is 1. The Morgan fingerprint density at radius 1 is 0.825 bits per heavy atom. The van der Waals surface area contributed by atoms with Crippen LogP contribution in [0.3, 0.4) is 0 Å². The monoisotopic (exact) mass is 561 g/mol. The second-order valence-electron chi connectivity index (χ2n) is 10.5. The lowest BCUT2D eigenvalue weighted by Crippen LogP contribution is -2.55. The molecule has 0 aliphatic heterocycles. The van der Waals surface area contributed by atoms with Crippen LogP contribution in [-0.4, -0.2) is 55.9 Å². The van der Waals surface area contributed by atoms with Gasteiger partial charge in [0.15, 0.2) is 5.60 Å². The van der Waals surface area contributed by atoms with E-state index >= 15 is 0 Å². The number of benzene rings is 1. The maximum Gasteiger partial charge on any atom is 0.337 e. The van der Waals surface area contributed by atoms with Crippen molar-refractivity contribution in [2.24, 2.45) is 5.92 Å². The first kappa shape index (κ1) is 34.8. The van der Waals surface area contributed by atoms with Crippen molar-refractivity contribution < 1.29 is 39.6 Å². The molecule has 1 aromatic carbocycles. The fraction of sp³-hybridized carbons (Fsp3) is 0.613. The summed E-state index contributed by atoms with van der Waals surface area (Å²) in [6, 6.07) is 7.16. The topological polar surface area (TPSA) is 161 Å². The van der Waals surface area contributed by atoms with Gasteiger partial charge in [0.2, 0.25) is 5.91 Å². The van der Waals surface area contributed by atoms with Crippen LogP contribution in [0.2, 0.25) is 0 Å². The zero-order valence-electron chi connectivity index (χ0n) is 23.7. The second-order valence-corrected chi connectivity index (χ2v) is 10.5. The van der Waals surface area contributed by atoms with E-state index in [1.807, 2.05) is 0 Å². The fourth-order valence-corrected chi connectivity index (χ4v) is 4.66. The van der Waals surface area contributed by atoms with E-state index in [-0.39, 0.29) is 6.42 Å². The molecule has 0 saturated carbocycles. The molecule has 0 heterocycles. The number of aliphatic hydroxyl groups is 1. The lowest BCUT2D eigenvalue weighted by molar-refractivity contribution is -0.172. The highest BCUT2D eigenvalue weighted by Crippen LogP contribution is 2.26. The van der Waals surface area contributed by atoms with Crippen LogP contribution in [0.1, 0.15) is 102 Å². The van der Waals surface area contributed by atoms with Crippen molar-refractivity contribution in [1.82, 2.24) is 5.32 Å². The Bertz CT molecular complexity index is 933. The molecule has 3 atom stereocenters. The van der Waals surface area contributed by atoms with Gasteiger partial charge < -0.3 is 25.7 Å². The standard InChI is InChI=1S/C31H47NO8/c1-2-3-4-5-6-7-8-9-10-11-12-13-14-18-21-25(31(40,30(38)39)23-27(33)34)28(35)32-26(29(36)37)22-24-19-16-15-17-20-24/h15-21,25-26,40H,2-14,22-23H2,1H3,(H,32,35)(H,33,34)(H,36,37)(H,38,39)/b21-18+/t25?,26-,31?/m0/s1. The molecule has 224 valence electrons. The largest absolute Gasteiger partial charge is 0.481 e. The van der Waals surface area contributed by atoms with E-state index < -0.39 is 47.8 Å². The second kappa shape index (κ2) is 19.8. The summed E-state index contributed by atoms with van der Waals surface area (Å²) in [5, 5.41) is 41.6. The molecule has 0 radical (unpaired) electrons. The molecule has 5 N–H and O–H groups in total. The summed E-state index contributed by atoms with van der Waals surface area (Å²) >= 11 is 0. The molecule has 2 unspecified atom stereocenters. The van der Waals surface area contributed by atoms with Crippen LogP contribution in [0.25, 0.3) is 0 Å².